The van der Waals surface area contributed by atoms with E-state index in [1.54, 1.807) is 18.5 Å². The number of halogens is 2. The van der Waals surface area contributed by atoms with Crippen LogP contribution in [-0.4, -0.2) is 43.4 Å². The normalized spacial score (nSPS) is 14.7. The number of carbonyl (C=O) groups is 1. The van der Waals surface area contributed by atoms with E-state index in [9.17, 15) is 17.6 Å². The van der Waals surface area contributed by atoms with Crippen LogP contribution in [-0.2, 0) is 10.0 Å². The molecule has 33 heavy (non-hydrogen) atoms. The highest BCUT2D eigenvalue weighted by Gasteiger charge is 2.24. The minimum absolute atomic E-state index is 0.0625. The SMILES string of the molecule is O=C(NC1CCN(c2ncccn2)CC1)c1cc(S(=O)(=O)Nc2ccc(F)cc2)ccc1Cl. The van der Waals surface area contributed by atoms with Gasteiger partial charge in [-0.1, -0.05) is 11.6 Å². The maximum Gasteiger partial charge on any atom is 0.261 e. The van der Waals surface area contributed by atoms with E-state index in [4.69, 9.17) is 11.6 Å². The quantitative estimate of drug-likeness (QED) is 0.549. The average molecular weight is 490 g/mol. The van der Waals surface area contributed by atoms with E-state index in [2.05, 4.69) is 20.0 Å². The van der Waals surface area contributed by atoms with Crippen LogP contribution in [0.2, 0.25) is 5.02 Å². The number of anilines is 2. The second kappa shape index (κ2) is 9.72. The van der Waals surface area contributed by atoms with Gasteiger partial charge in [0.25, 0.3) is 15.9 Å². The zero-order valence-corrected chi connectivity index (χ0v) is 19.0. The van der Waals surface area contributed by atoms with Gasteiger partial charge in [-0.3, -0.25) is 9.52 Å². The number of piperidine rings is 1. The number of amides is 1. The van der Waals surface area contributed by atoms with Gasteiger partial charge in [0.1, 0.15) is 5.82 Å². The van der Waals surface area contributed by atoms with Gasteiger partial charge in [-0.2, -0.15) is 0 Å². The summed E-state index contributed by atoms with van der Waals surface area (Å²) in [6, 6.07) is 10.5. The van der Waals surface area contributed by atoms with Crippen molar-refractivity contribution in [2.45, 2.75) is 23.8 Å². The molecule has 1 saturated heterocycles. The van der Waals surface area contributed by atoms with Crippen molar-refractivity contribution in [3.05, 3.63) is 77.3 Å². The number of rotatable bonds is 6. The van der Waals surface area contributed by atoms with Crippen LogP contribution in [0.5, 0.6) is 0 Å². The summed E-state index contributed by atoms with van der Waals surface area (Å²) in [5, 5.41) is 3.08. The minimum atomic E-state index is -4.00. The minimum Gasteiger partial charge on any atom is -0.349 e. The Kier molecular flexibility index (Phi) is 6.75. The predicted octanol–water partition coefficient (Wildman–Crippen LogP) is 3.47. The second-order valence-corrected chi connectivity index (χ2v) is 9.63. The van der Waals surface area contributed by atoms with E-state index in [1.165, 1.54) is 30.3 Å². The van der Waals surface area contributed by atoms with Crippen molar-refractivity contribution < 1.29 is 17.6 Å². The Morgan fingerprint density at radius 2 is 1.73 bits per heavy atom. The van der Waals surface area contributed by atoms with Crippen LogP contribution in [0.15, 0.2) is 65.8 Å². The molecule has 1 amide bonds. The van der Waals surface area contributed by atoms with Crippen LogP contribution in [0, 0.1) is 5.82 Å². The van der Waals surface area contributed by atoms with Crippen LogP contribution >= 0.6 is 11.6 Å². The molecule has 0 atom stereocenters. The van der Waals surface area contributed by atoms with Gasteiger partial charge in [-0.25, -0.2) is 22.8 Å². The summed E-state index contributed by atoms with van der Waals surface area (Å²) in [7, 11) is -4.00. The molecule has 11 heteroatoms. The first kappa shape index (κ1) is 22.9. The molecule has 3 aromatic rings. The van der Waals surface area contributed by atoms with Crippen molar-refractivity contribution >= 4 is 39.2 Å². The lowest BCUT2D eigenvalue weighted by Gasteiger charge is -2.32. The van der Waals surface area contributed by atoms with E-state index >= 15 is 0 Å². The molecule has 0 radical (unpaired) electrons. The maximum atomic E-state index is 13.1. The Bertz CT molecular complexity index is 1230. The molecule has 2 N–H and O–H groups in total. The zero-order valence-electron chi connectivity index (χ0n) is 17.4. The molecule has 1 fully saturated rings. The first-order valence-corrected chi connectivity index (χ1v) is 12.1. The molecule has 4 rings (SSSR count). The highest BCUT2D eigenvalue weighted by atomic mass is 35.5. The third-order valence-corrected chi connectivity index (χ3v) is 6.96. The lowest BCUT2D eigenvalue weighted by Crippen LogP contribution is -2.45. The largest absolute Gasteiger partial charge is 0.349 e. The number of nitrogens with zero attached hydrogens (tertiary/aromatic N) is 3. The fourth-order valence-corrected chi connectivity index (χ4v) is 4.81. The molecule has 0 spiro atoms. The van der Waals surface area contributed by atoms with Gasteiger partial charge in [-0.15, -0.1) is 0 Å². The van der Waals surface area contributed by atoms with E-state index in [1.807, 2.05) is 4.90 Å². The number of hydrogen-bond donors (Lipinski definition) is 2. The molecule has 172 valence electrons. The van der Waals surface area contributed by atoms with E-state index in [-0.39, 0.29) is 27.2 Å². The highest BCUT2D eigenvalue weighted by Crippen LogP contribution is 2.24. The molecular weight excluding hydrogens is 469 g/mol. The fourth-order valence-electron chi connectivity index (χ4n) is 3.52. The number of sulfonamides is 1. The monoisotopic (exact) mass is 489 g/mol. The highest BCUT2D eigenvalue weighted by molar-refractivity contribution is 7.92. The van der Waals surface area contributed by atoms with Crippen molar-refractivity contribution in [1.82, 2.24) is 15.3 Å². The summed E-state index contributed by atoms with van der Waals surface area (Å²) in [6.45, 7) is 1.36. The number of carbonyl (C=O) groups excluding carboxylic acids is 1. The number of hydrogen-bond acceptors (Lipinski definition) is 6. The zero-order chi connectivity index (χ0) is 23.4. The van der Waals surface area contributed by atoms with Gasteiger partial charge in [0.15, 0.2) is 0 Å². The standard InChI is InChI=1S/C22H21ClFN5O3S/c23-20-7-6-18(33(31,32)28-17-4-2-15(24)3-5-17)14-19(20)21(30)27-16-8-12-29(13-9-16)22-25-10-1-11-26-22/h1-7,10-11,14,16,28H,8-9,12-13H2,(H,27,30). The Balaban J connectivity index is 1.43. The van der Waals surface area contributed by atoms with Crippen LogP contribution < -0.4 is 14.9 Å². The van der Waals surface area contributed by atoms with Crippen LogP contribution in [0.4, 0.5) is 16.0 Å². The third kappa shape index (κ3) is 5.58. The Hall–Kier alpha value is -3.24. The van der Waals surface area contributed by atoms with Crippen molar-refractivity contribution in [2.24, 2.45) is 0 Å². The van der Waals surface area contributed by atoms with Crippen molar-refractivity contribution in [2.75, 3.05) is 22.7 Å². The van der Waals surface area contributed by atoms with Crippen LogP contribution in [0.1, 0.15) is 23.2 Å². The lowest BCUT2D eigenvalue weighted by atomic mass is 10.0. The van der Waals surface area contributed by atoms with E-state index in [0.29, 0.717) is 31.9 Å². The summed E-state index contributed by atoms with van der Waals surface area (Å²) < 4.78 is 40.9. The molecule has 8 nitrogen and oxygen atoms in total. The van der Waals surface area contributed by atoms with Gasteiger partial charge >= 0.3 is 0 Å². The predicted molar refractivity (Wildman–Crippen MR) is 123 cm³/mol. The summed E-state index contributed by atoms with van der Waals surface area (Å²) in [5.41, 5.74) is 0.263. The van der Waals surface area contributed by atoms with E-state index in [0.717, 1.165) is 12.1 Å². The second-order valence-electron chi connectivity index (χ2n) is 7.54. The third-order valence-electron chi connectivity index (χ3n) is 5.25. The average Bonchev–Trinajstić information content (AvgIpc) is 2.81. The van der Waals surface area contributed by atoms with Gasteiger partial charge in [0.2, 0.25) is 5.95 Å². The first-order valence-electron chi connectivity index (χ1n) is 10.2. The van der Waals surface area contributed by atoms with Crippen LogP contribution in [0.3, 0.4) is 0 Å². The Morgan fingerprint density at radius 3 is 2.39 bits per heavy atom. The molecule has 2 aromatic carbocycles. The van der Waals surface area contributed by atoms with Crippen molar-refractivity contribution in [1.29, 1.82) is 0 Å². The summed E-state index contributed by atoms with van der Waals surface area (Å²) >= 11 is 6.20. The van der Waals surface area contributed by atoms with Gasteiger partial charge in [0, 0.05) is 37.2 Å². The maximum absolute atomic E-state index is 13.1. The molecule has 0 aliphatic carbocycles. The van der Waals surface area contributed by atoms with Crippen LogP contribution in [0.25, 0.3) is 0 Å². The molecule has 0 bridgehead atoms. The summed E-state index contributed by atoms with van der Waals surface area (Å²) in [5.74, 6) is -0.282. The number of benzene rings is 2. The molecule has 1 aliphatic heterocycles. The molecule has 1 aromatic heterocycles. The smallest absolute Gasteiger partial charge is 0.261 e. The van der Waals surface area contributed by atoms with Crippen molar-refractivity contribution in [3.8, 4) is 0 Å². The van der Waals surface area contributed by atoms with Crippen molar-refractivity contribution in [3.63, 3.8) is 0 Å². The van der Waals surface area contributed by atoms with E-state index < -0.39 is 21.7 Å². The Morgan fingerprint density at radius 1 is 1.06 bits per heavy atom. The summed E-state index contributed by atoms with van der Waals surface area (Å²) in [6.07, 6.45) is 4.74. The first-order chi connectivity index (χ1) is 15.8. The fraction of sp³-hybridized carbons (Fsp3) is 0.227. The summed E-state index contributed by atoms with van der Waals surface area (Å²) in [4.78, 5) is 23.3. The molecule has 0 unspecified atom stereocenters. The van der Waals surface area contributed by atoms with Gasteiger partial charge in [0.05, 0.1) is 15.5 Å². The lowest BCUT2D eigenvalue weighted by molar-refractivity contribution is 0.0931. The van der Waals surface area contributed by atoms with Gasteiger partial charge < -0.3 is 10.2 Å². The Labute approximate surface area is 195 Å². The molecule has 1 aliphatic rings. The molecular formula is C22H21ClFN5O3S. The topological polar surface area (TPSA) is 104 Å². The molecule has 2 heterocycles. The molecule has 0 saturated carbocycles. The number of nitrogens with one attached hydrogen (secondary N) is 2. The van der Waals surface area contributed by atoms with Gasteiger partial charge in [-0.05, 0) is 61.4 Å². The number of aromatic nitrogens is 2.